The van der Waals surface area contributed by atoms with Crippen molar-refractivity contribution in [2.75, 3.05) is 10.7 Å². The van der Waals surface area contributed by atoms with Gasteiger partial charge in [-0.25, -0.2) is 0 Å². The normalized spacial score (nSPS) is 15.3. The molecule has 0 atom stereocenters. The van der Waals surface area contributed by atoms with Crippen LogP contribution in [0.4, 0.5) is 0 Å². The molecule has 3 aliphatic rings. The Morgan fingerprint density at radius 2 is 0.580 bits per heavy atom. The molecule has 5 rings (SSSR count). The smallest absolute Gasteiger partial charge is 0.684 e. The zero-order valence-electron chi connectivity index (χ0n) is 42.1. The Bertz CT molecular complexity index is 1770. The van der Waals surface area contributed by atoms with Crippen molar-refractivity contribution in [3.05, 3.63) is 118 Å². The van der Waals surface area contributed by atoms with Gasteiger partial charge in [0.15, 0.2) is 0 Å². The van der Waals surface area contributed by atoms with Crippen molar-refractivity contribution in [3.8, 4) is 0 Å². The van der Waals surface area contributed by atoms with E-state index in [-0.39, 0.29) is 61.9 Å². The van der Waals surface area contributed by atoms with Crippen LogP contribution in [0.2, 0.25) is 0 Å². The Hall–Kier alpha value is -2.80. The van der Waals surface area contributed by atoms with Gasteiger partial charge in [0.05, 0.1) is 30.3 Å². The predicted octanol–water partition coefficient (Wildman–Crippen LogP) is 9.94. The molecule has 0 aromatic heterocycles. The quantitative estimate of drug-likeness (QED) is 0.157. The third kappa shape index (κ3) is 26.5. The van der Waals surface area contributed by atoms with Crippen molar-refractivity contribution in [1.82, 2.24) is 0 Å². The number of benzene rings is 2. The van der Waals surface area contributed by atoms with Crippen LogP contribution in [-0.4, -0.2) is 47.2 Å². The Labute approximate surface area is 465 Å². The summed E-state index contributed by atoms with van der Waals surface area (Å²) in [4.78, 5) is 40.4. The molecule has 0 aliphatic carbocycles. The second kappa shape index (κ2) is 45.1. The summed E-state index contributed by atoms with van der Waals surface area (Å²) >= 11 is 19.1. The SMILES string of the molecule is CCc1c2c(CC)c3c(CC)c1CN=C(C)/C=C(/C)[N-]Cc1c(CC)c(c(CC)c(c1CC)C[N-]/C(C)=C\C(C)=NC3)C[N-]/C(C)=C\C(C)=NC2.ClCCl.ClCCl.O=C[O-].O=C[O-].O=C[O-].[Fe+2].[Fe+2].[Fe+2]. The van der Waals surface area contributed by atoms with Gasteiger partial charge in [0.1, 0.15) is 0 Å². The van der Waals surface area contributed by atoms with Crippen LogP contribution < -0.4 is 15.3 Å². The average Bonchev–Trinajstić information content (AvgIpc) is 3.27. The summed E-state index contributed by atoms with van der Waals surface area (Å²) in [6, 6.07) is 0. The van der Waals surface area contributed by atoms with Crippen molar-refractivity contribution < 1.29 is 80.9 Å². The first-order valence-electron chi connectivity index (χ1n) is 21.9. The van der Waals surface area contributed by atoms with E-state index in [0.717, 1.165) is 72.8 Å². The molecule has 19 heteroatoms. The molecule has 2 aromatic rings. The second-order valence-electron chi connectivity index (χ2n) is 14.5. The van der Waals surface area contributed by atoms with E-state index < -0.39 is 19.4 Å². The molecule has 3 heterocycles. The molecule has 12 nitrogen and oxygen atoms in total. The van der Waals surface area contributed by atoms with Crippen molar-refractivity contribution >= 4 is 83.0 Å². The number of hydrogen-bond donors (Lipinski definition) is 0. The number of alkyl halides is 4. The van der Waals surface area contributed by atoms with Gasteiger partial charge in [-0.05, 0) is 109 Å². The molecule has 0 amide bonds. The number of allylic oxidation sites excluding steroid dienone is 6. The minimum absolute atomic E-state index is 0. The van der Waals surface area contributed by atoms with Crippen LogP contribution in [0, 0.1) is 0 Å². The van der Waals surface area contributed by atoms with Crippen LogP contribution in [0.25, 0.3) is 16.0 Å². The molecule has 0 N–H and O–H groups in total. The second-order valence-corrected chi connectivity index (χ2v) is 16.1. The summed E-state index contributed by atoms with van der Waals surface area (Å²) in [5.74, 6) is 0. The predicted molar refractivity (Wildman–Crippen MR) is 273 cm³/mol. The van der Waals surface area contributed by atoms with Gasteiger partial charge in [0.2, 0.25) is 0 Å². The van der Waals surface area contributed by atoms with Crippen LogP contribution in [0.3, 0.4) is 0 Å². The van der Waals surface area contributed by atoms with Gasteiger partial charge in [-0.15, -0.1) is 66.0 Å². The maximum atomic E-state index is 8.25. The first kappa shape index (κ1) is 75.1. The maximum Gasteiger partial charge on any atom is 2.00 e. The summed E-state index contributed by atoms with van der Waals surface area (Å²) in [5.41, 5.74) is 22.4. The van der Waals surface area contributed by atoms with E-state index >= 15 is 0 Å². The van der Waals surface area contributed by atoms with Crippen LogP contribution in [-0.2, 0) is 143 Å². The third-order valence-corrected chi connectivity index (χ3v) is 10.7. The fourth-order valence-corrected chi connectivity index (χ4v) is 8.29. The molecular formula is C50H70Cl4Fe3N6O6. The summed E-state index contributed by atoms with van der Waals surface area (Å²) in [6.07, 6.45) is 12.1. The number of carboxylic acid groups (broad SMARTS) is 3. The molecule has 3 aliphatic heterocycles. The summed E-state index contributed by atoms with van der Waals surface area (Å²) in [7, 11) is 0. The van der Waals surface area contributed by atoms with Gasteiger partial charge in [-0.1, -0.05) is 97.2 Å². The number of aliphatic imine (C=N–C) groups is 3. The van der Waals surface area contributed by atoms with Gasteiger partial charge < -0.3 is 45.7 Å². The first-order valence-corrected chi connectivity index (χ1v) is 24.1. The van der Waals surface area contributed by atoms with Crippen LogP contribution in [0.1, 0.15) is 150 Å². The Balaban J connectivity index is -0.000000672. The van der Waals surface area contributed by atoms with Crippen LogP contribution >= 0.6 is 46.4 Å². The molecule has 388 valence electrons. The molecule has 0 unspecified atom stereocenters. The Kier molecular flexibility index (Phi) is 49.1. The first-order chi connectivity index (χ1) is 31.6. The van der Waals surface area contributed by atoms with Gasteiger partial charge in [0.25, 0.3) is 0 Å². The third-order valence-electron chi connectivity index (χ3n) is 10.7. The molecule has 0 radical (unpaired) electrons. The number of hydrogen-bond acceptors (Lipinski definition) is 9. The molecule has 2 aromatic carbocycles. The van der Waals surface area contributed by atoms with Gasteiger partial charge in [-0.2, -0.15) is 17.1 Å². The summed E-state index contributed by atoms with van der Waals surface area (Å²) in [5, 5.41) is 40.8. The van der Waals surface area contributed by atoms with Crippen molar-refractivity contribution in [2.45, 2.75) is 161 Å². The van der Waals surface area contributed by atoms with Crippen molar-refractivity contribution in [2.24, 2.45) is 15.0 Å². The maximum absolute atomic E-state index is 8.25. The van der Waals surface area contributed by atoms with Gasteiger partial charge >= 0.3 is 51.2 Å². The van der Waals surface area contributed by atoms with E-state index in [9.17, 15) is 0 Å². The molecular weight excluding hydrogens is 1090 g/mol. The van der Waals surface area contributed by atoms with Crippen LogP contribution in [0.5, 0.6) is 0 Å². The number of nitrogens with zero attached hydrogens (tertiary/aromatic N) is 6. The van der Waals surface area contributed by atoms with Gasteiger partial charge in [-0.3, -0.25) is 15.0 Å². The minimum Gasteiger partial charge on any atom is -0.684 e. The minimum atomic E-state index is -0.500. The van der Waals surface area contributed by atoms with Crippen LogP contribution in [0.15, 0.2) is 50.3 Å². The number of carbonyl (C=O) groups excluding carboxylic acids is 3. The molecule has 69 heavy (non-hydrogen) atoms. The fourth-order valence-electron chi connectivity index (χ4n) is 8.29. The zero-order chi connectivity index (χ0) is 50.8. The van der Waals surface area contributed by atoms with E-state index in [4.69, 9.17) is 107 Å². The largest absolute Gasteiger partial charge is 2.00 e. The number of fused-ring (bicyclic) bond motifs is 12. The molecule has 0 saturated carbocycles. The van der Waals surface area contributed by atoms with Crippen molar-refractivity contribution in [3.63, 3.8) is 0 Å². The van der Waals surface area contributed by atoms with Gasteiger partial charge in [0, 0.05) is 36.6 Å². The Morgan fingerprint density at radius 3 is 0.739 bits per heavy atom. The number of rotatable bonds is 6. The monoisotopic (exact) mass is 1160 g/mol. The van der Waals surface area contributed by atoms with E-state index in [1.807, 2.05) is 0 Å². The number of carbonyl (C=O) groups is 3. The van der Waals surface area contributed by atoms with E-state index in [1.165, 1.54) is 66.8 Å². The van der Waals surface area contributed by atoms with E-state index in [0.29, 0.717) is 39.3 Å². The average molecular weight is 1160 g/mol. The molecule has 6 bridgehead atoms. The van der Waals surface area contributed by atoms with E-state index in [1.54, 1.807) is 0 Å². The number of halogens is 4. The topological polar surface area (TPSA) is 200 Å². The molecule has 0 fully saturated rings. The molecule has 0 saturated heterocycles. The summed E-state index contributed by atoms with van der Waals surface area (Å²) in [6.45, 7) is 28.7. The zero-order valence-corrected chi connectivity index (χ0v) is 48.4. The van der Waals surface area contributed by atoms with Crippen molar-refractivity contribution in [1.29, 1.82) is 0 Å². The van der Waals surface area contributed by atoms with E-state index in [2.05, 4.69) is 101 Å². The summed E-state index contributed by atoms with van der Waals surface area (Å²) < 4.78 is 0. The molecule has 0 spiro atoms. The Morgan fingerprint density at radius 1 is 0.420 bits per heavy atom. The standard InChI is InChI=1S/C45H63N6.2CH2Cl2.3CH2O2.3Fe/c1-13-34-40-22-46-28(7)19-30(9)49-25-43-37(16-4)44-26-50-31(10)20-29(8)47-23-41(34)36(15-3)42(35(40)14-2)24-48-32(11)21-33(12)51-27-45(38(43)17-5)39(44)18-6;5*2-1-3;;;/h19-21H,13-18,22-27H2,1-12H3;2*1H2;3*1H,(H,2,3);;;/q-3;;;;;;3*+2/p-3/b28-19-,29-20-,32-21-,49-30?,50-31?,51-33?;;;;;;;;. The fraction of sp³-hybridized carbons (Fsp3) is 0.520.